The van der Waals surface area contributed by atoms with E-state index in [0.29, 0.717) is 11.8 Å². The molecule has 0 aliphatic rings. The van der Waals surface area contributed by atoms with E-state index in [1.165, 1.54) is 39.1 Å². The maximum atomic E-state index is 6.63. The second kappa shape index (κ2) is 20.1. The van der Waals surface area contributed by atoms with Gasteiger partial charge in [-0.1, -0.05) is 176 Å². The van der Waals surface area contributed by atoms with E-state index in [0.717, 1.165) is 94.4 Å². The molecule has 0 saturated carbocycles. The topological polar surface area (TPSA) is 61.9 Å². The van der Waals surface area contributed by atoms with Crippen molar-refractivity contribution in [3.05, 3.63) is 216 Å². The smallest absolute Gasteiger partial charge is 0.140 e. The summed E-state index contributed by atoms with van der Waals surface area (Å²) in [6, 6.07) is 70.3. The molecular weight excluding hydrogens is 1100 g/mol. The Kier molecular flexibility index (Phi) is 13.3. The SMILES string of the molecule is CC(C)c1cc2c(oc3ccccc32)c(C(C)C)c1-n1c(-c2[c-]ccc3c2oc2ccccc23)nc2ccccc21.CC(C)c1cccc(C(C)C)c1-n1c(-c2[c-]ccc(-c3ccccc3)c2)nc2ccccc21.[Ir]. The largest absolute Gasteiger partial charge is 0.501 e. The molecule has 1 radical (unpaired) electrons. The van der Waals surface area contributed by atoms with Crippen LogP contribution in [0.1, 0.15) is 101 Å². The van der Waals surface area contributed by atoms with Crippen molar-refractivity contribution in [2.75, 3.05) is 0 Å². The van der Waals surface area contributed by atoms with Crippen LogP contribution in [0.5, 0.6) is 0 Å². The zero-order valence-electron chi connectivity index (χ0n) is 43.6. The maximum absolute atomic E-state index is 6.63. The molecular formula is C68H58IrN4O2-2. The normalized spacial score (nSPS) is 11.8. The Morgan fingerprint density at radius 1 is 0.413 bits per heavy atom. The van der Waals surface area contributed by atoms with Crippen molar-refractivity contribution in [1.82, 2.24) is 19.1 Å². The maximum Gasteiger partial charge on any atom is 0.140 e. The summed E-state index contributed by atoms with van der Waals surface area (Å²) in [6.45, 7) is 18.1. The first-order valence-electron chi connectivity index (χ1n) is 26.0. The first-order chi connectivity index (χ1) is 36.0. The van der Waals surface area contributed by atoms with Crippen LogP contribution >= 0.6 is 0 Å². The third-order valence-electron chi connectivity index (χ3n) is 14.5. The number of hydrogen-bond donors (Lipinski definition) is 0. The van der Waals surface area contributed by atoms with Gasteiger partial charge in [0.25, 0.3) is 0 Å². The molecule has 9 aromatic carbocycles. The summed E-state index contributed by atoms with van der Waals surface area (Å²) in [5.41, 5.74) is 19.3. The van der Waals surface area contributed by atoms with Crippen molar-refractivity contribution in [1.29, 1.82) is 0 Å². The minimum absolute atomic E-state index is 0. The fraction of sp³-hybridized carbons (Fsp3) is 0.176. The third kappa shape index (κ3) is 8.58. The molecule has 0 unspecified atom stereocenters. The summed E-state index contributed by atoms with van der Waals surface area (Å²) in [5, 5.41) is 4.46. The van der Waals surface area contributed by atoms with Gasteiger partial charge in [-0.05, 0) is 88.4 Å². The van der Waals surface area contributed by atoms with Crippen molar-refractivity contribution in [2.24, 2.45) is 0 Å². The zero-order valence-corrected chi connectivity index (χ0v) is 46.0. The Morgan fingerprint density at radius 3 is 1.57 bits per heavy atom. The van der Waals surface area contributed by atoms with Gasteiger partial charge in [0, 0.05) is 53.2 Å². The Balaban J connectivity index is 0.000000162. The van der Waals surface area contributed by atoms with Gasteiger partial charge in [0.2, 0.25) is 0 Å². The molecule has 6 nitrogen and oxygen atoms in total. The van der Waals surface area contributed by atoms with Gasteiger partial charge >= 0.3 is 0 Å². The van der Waals surface area contributed by atoms with Crippen molar-refractivity contribution in [2.45, 2.75) is 79.1 Å². The first kappa shape index (κ1) is 49.4. The molecule has 0 saturated heterocycles. The molecule has 373 valence electrons. The molecule has 75 heavy (non-hydrogen) atoms. The molecule has 0 fully saturated rings. The number of imidazole rings is 2. The van der Waals surface area contributed by atoms with Crippen molar-refractivity contribution >= 4 is 65.9 Å². The van der Waals surface area contributed by atoms with Crippen LogP contribution in [0.2, 0.25) is 0 Å². The molecule has 0 aliphatic carbocycles. The number of para-hydroxylation sites is 7. The van der Waals surface area contributed by atoms with E-state index in [2.05, 4.69) is 222 Å². The minimum atomic E-state index is 0. The number of nitrogens with zero attached hydrogens (tertiary/aromatic N) is 4. The standard InChI is InChI=1S/C37H29N2O2.C31H29N2.Ir/c1-21(2)27-20-28-24-13-6-10-19-32(24)41-36(28)33(22(3)4)34(27)39-30-17-8-7-16-29(30)38-37(39)26-15-11-14-25-23-12-5-9-18-31(23)40-35(25)26;1-21(2)26-16-11-17-27(22(3)4)30(26)33-29-19-9-8-18-28(29)32-31(33)25-15-10-14-24(20-25)23-12-6-5-7-13-23;/h5-14,16-22H,1-4H3;5-14,16-22H,1-4H3;/q2*-1;. The third-order valence-corrected chi connectivity index (χ3v) is 14.5. The zero-order chi connectivity index (χ0) is 50.8. The van der Waals surface area contributed by atoms with E-state index in [1.807, 2.05) is 36.4 Å². The van der Waals surface area contributed by atoms with Gasteiger partial charge in [0.1, 0.15) is 16.7 Å². The van der Waals surface area contributed by atoms with Crippen LogP contribution in [0.3, 0.4) is 0 Å². The van der Waals surface area contributed by atoms with Crippen LogP contribution in [-0.2, 0) is 20.1 Å². The minimum Gasteiger partial charge on any atom is -0.501 e. The van der Waals surface area contributed by atoms with Crippen LogP contribution in [-0.4, -0.2) is 19.1 Å². The summed E-state index contributed by atoms with van der Waals surface area (Å²) in [5.74, 6) is 3.01. The van der Waals surface area contributed by atoms with Gasteiger partial charge in [-0.3, -0.25) is 9.97 Å². The molecule has 7 heteroatoms. The molecule has 13 rings (SSSR count). The van der Waals surface area contributed by atoms with Crippen LogP contribution < -0.4 is 0 Å². The summed E-state index contributed by atoms with van der Waals surface area (Å²) in [7, 11) is 0. The molecule has 4 aromatic heterocycles. The number of hydrogen-bond acceptors (Lipinski definition) is 4. The average molecular weight is 1160 g/mol. The fourth-order valence-corrected chi connectivity index (χ4v) is 11.0. The average Bonchev–Trinajstić information content (AvgIpc) is 4.21. The number of fused-ring (bicyclic) bond motifs is 8. The summed E-state index contributed by atoms with van der Waals surface area (Å²) in [4.78, 5) is 10.4. The van der Waals surface area contributed by atoms with E-state index in [9.17, 15) is 0 Å². The molecule has 4 heterocycles. The Labute approximate surface area is 452 Å². The predicted octanol–water partition coefficient (Wildman–Crippen LogP) is 18.9. The van der Waals surface area contributed by atoms with E-state index in [-0.39, 0.29) is 31.9 Å². The molecule has 0 aliphatic heterocycles. The summed E-state index contributed by atoms with van der Waals surface area (Å²) >= 11 is 0. The Hall–Kier alpha value is -7.83. The second-order valence-electron chi connectivity index (χ2n) is 20.7. The van der Waals surface area contributed by atoms with E-state index < -0.39 is 0 Å². The first-order valence-corrected chi connectivity index (χ1v) is 26.0. The Bertz CT molecular complexity index is 4200. The number of aromatic nitrogens is 4. The summed E-state index contributed by atoms with van der Waals surface area (Å²) < 4.78 is 17.8. The van der Waals surface area contributed by atoms with Gasteiger partial charge in [0.05, 0.1) is 39.3 Å². The number of rotatable bonds is 9. The summed E-state index contributed by atoms with van der Waals surface area (Å²) in [6.07, 6.45) is 0. The molecule has 0 atom stereocenters. The van der Waals surface area contributed by atoms with Gasteiger partial charge in [-0.2, -0.15) is 0 Å². The second-order valence-corrected chi connectivity index (χ2v) is 20.7. The number of furan rings is 2. The van der Waals surface area contributed by atoms with Gasteiger partial charge in [-0.25, -0.2) is 0 Å². The van der Waals surface area contributed by atoms with Crippen LogP contribution in [0.25, 0.3) is 111 Å². The molecule has 0 spiro atoms. The predicted molar refractivity (Wildman–Crippen MR) is 307 cm³/mol. The number of benzene rings is 9. The van der Waals surface area contributed by atoms with Gasteiger partial charge in [0.15, 0.2) is 0 Å². The van der Waals surface area contributed by atoms with E-state index >= 15 is 0 Å². The fourth-order valence-electron chi connectivity index (χ4n) is 11.0. The van der Waals surface area contributed by atoms with Crippen LogP contribution in [0, 0.1) is 12.1 Å². The van der Waals surface area contributed by atoms with Crippen molar-refractivity contribution in [3.63, 3.8) is 0 Å². The monoisotopic (exact) mass is 1160 g/mol. The van der Waals surface area contributed by atoms with E-state index in [1.54, 1.807) is 0 Å². The van der Waals surface area contributed by atoms with Crippen molar-refractivity contribution in [3.8, 4) is 45.3 Å². The van der Waals surface area contributed by atoms with Crippen LogP contribution in [0.15, 0.2) is 191 Å². The molecule has 0 bridgehead atoms. The van der Waals surface area contributed by atoms with Gasteiger partial charge < -0.3 is 18.0 Å². The molecule has 13 aromatic rings. The van der Waals surface area contributed by atoms with Crippen LogP contribution in [0.4, 0.5) is 0 Å². The van der Waals surface area contributed by atoms with E-state index in [4.69, 9.17) is 18.8 Å². The van der Waals surface area contributed by atoms with Gasteiger partial charge in [-0.15, -0.1) is 53.6 Å². The quantitative estimate of drug-likeness (QED) is 0.135. The molecule has 0 amide bonds. The Morgan fingerprint density at radius 2 is 0.947 bits per heavy atom. The van der Waals surface area contributed by atoms with Crippen molar-refractivity contribution < 1.29 is 28.9 Å². The molecule has 0 N–H and O–H groups in total.